The van der Waals surface area contributed by atoms with Crippen LogP contribution in [0.2, 0.25) is 0 Å². The summed E-state index contributed by atoms with van der Waals surface area (Å²) in [5, 5.41) is 0. The highest BCUT2D eigenvalue weighted by Crippen LogP contribution is 2.39. The molecule has 5 heteroatoms. The molecule has 0 N–H and O–H groups in total. The quantitative estimate of drug-likeness (QED) is 0.781. The van der Waals surface area contributed by atoms with E-state index in [4.69, 9.17) is 18.8 Å². The number of hydrogen-bond donors (Lipinski definition) is 0. The molecule has 2 fully saturated rings. The van der Waals surface area contributed by atoms with E-state index in [-0.39, 0.29) is 17.3 Å². The molecule has 0 atom stereocenters. The fraction of sp³-hybridized carbons (Fsp3) is 0.667. The van der Waals surface area contributed by atoms with Crippen LogP contribution < -0.4 is 14.9 Å². The Morgan fingerprint density at radius 2 is 1.61 bits per heavy atom. The van der Waals surface area contributed by atoms with Gasteiger partial charge in [-0.1, -0.05) is 6.07 Å². The van der Waals surface area contributed by atoms with Gasteiger partial charge < -0.3 is 18.8 Å². The summed E-state index contributed by atoms with van der Waals surface area (Å²) in [4.78, 5) is 0. The van der Waals surface area contributed by atoms with Gasteiger partial charge in [0.15, 0.2) is 0 Å². The Labute approximate surface area is 139 Å². The average molecular weight is 318 g/mol. The van der Waals surface area contributed by atoms with Crippen molar-refractivity contribution < 1.29 is 18.8 Å². The van der Waals surface area contributed by atoms with Crippen LogP contribution in [0, 0.1) is 0 Å². The highest BCUT2D eigenvalue weighted by atomic mass is 16.7. The maximum absolute atomic E-state index is 6.23. The smallest absolute Gasteiger partial charge is 0.491 e. The zero-order chi connectivity index (χ0) is 16.8. The van der Waals surface area contributed by atoms with Gasteiger partial charge in [0.2, 0.25) is 0 Å². The van der Waals surface area contributed by atoms with Crippen molar-refractivity contribution in [3.8, 4) is 11.5 Å². The fourth-order valence-electron chi connectivity index (χ4n) is 2.54. The van der Waals surface area contributed by atoms with Crippen molar-refractivity contribution in [3.05, 3.63) is 18.2 Å². The van der Waals surface area contributed by atoms with Gasteiger partial charge in [0.1, 0.15) is 11.5 Å². The van der Waals surface area contributed by atoms with Crippen molar-refractivity contribution in [2.24, 2.45) is 0 Å². The topological polar surface area (TPSA) is 36.9 Å². The van der Waals surface area contributed by atoms with Gasteiger partial charge in [-0.3, -0.25) is 0 Å². The average Bonchev–Trinajstić information content (AvgIpc) is 3.17. The van der Waals surface area contributed by atoms with E-state index in [1.165, 1.54) is 0 Å². The Kier molecular flexibility index (Phi) is 4.13. The second-order valence-electron chi connectivity index (χ2n) is 7.74. The first kappa shape index (κ1) is 16.7. The normalized spacial score (nSPS) is 22.5. The van der Waals surface area contributed by atoms with Gasteiger partial charge in [0, 0.05) is 0 Å². The van der Waals surface area contributed by atoms with Crippen molar-refractivity contribution >= 4 is 12.6 Å². The lowest BCUT2D eigenvalue weighted by Crippen LogP contribution is -2.41. The van der Waals surface area contributed by atoms with E-state index in [1.54, 1.807) is 0 Å². The molecule has 3 rings (SSSR count). The van der Waals surface area contributed by atoms with Gasteiger partial charge in [-0.15, -0.1) is 0 Å². The summed E-state index contributed by atoms with van der Waals surface area (Å²) in [6.45, 7) is 12.3. The van der Waals surface area contributed by atoms with Crippen molar-refractivity contribution in [2.45, 2.75) is 77.8 Å². The van der Waals surface area contributed by atoms with Gasteiger partial charge >= 0.3 is 7.12 Å². The van der Waals surface area contributed by atoms with E-state index in [0.29, 0.717) is 6.10 Å². The third-order valence-corrected chi connectivity index (χ3v) is 4.70. The summed E-state index contributed by atoms with van der Waals surface area (Å²) < 4.78 is 24.5. The molecule has 0 amide bonds. The van der Waals surface area contributed by atoms with Crippen LogP contribution in [0.25, 0.3) is 0 Å². The summed E-state index contributed by atoms with van der Waals surface area (Å²) in [5.74, 6) is 1.58. The predicted molar refractivity (Wildman–Crippen MR) is 91.6 cm³/mol. The fourth-order valence-corrected chi connectivity index (χ4v) is 2.54. The highest BCUT2D eigenvalue weighted by Gasteiger charge is 2.53. The molecule has 1 aliphatic carbocycles. The Hall–Kier alpha value is -1.20. The second-order valence-corrected chi connectivity index (χ2v) is 7.74. The second kappa shape index (κ2) is 5.71. The van der Waals surface area contributed by atoms with Crippen molar-refractivity contribution in [3.63, 3.8) is 0 Å². The van der Waals surface area contributed by atoms with E-state index in [0.717, 1.165) is 29.8 Å². The molecule has 0 radical (unpaired) electrons. The lowest BCUT2D eigenvalue weighted by molar-refractivity contribution is 0.00578. The first-order chi connectivity index (χ1) is 10.7. The Balaban J connectivity index is 1.98. The summed E-state index contributed by atoms with van der Waals surface area (Å²) in [7, 11) is -0.483. The molecule has 4 nitrogen and oxygen atoms in total. The van der Waals surface area contributed by atoms with Gasteiger partial charge in [-0.25, -0.2) is 0 Å². The number of benzene rings is 1. The van der Waals surface area contributed by atoms with E-state index < -0.39 is 7.12 Å². The monoisotopic (exact) mass is 318 g/mol. The molecule has 1 aliphatic heterocycles. The van der Waals surface area contributed by atoms with Crippen molar-refractivity contribution in [2.75, 3.05) is 0 Å². The van der Waals surface area contributed by atoms with E-state index in [9.17, 15) is 0 Å². The number of hydrogen-bond acceptors (Lipinski definition) is 4. The highest BCUT2D eigenvalue weighted by molar-refractivity contribution is 6.64. The van der Waals surface area contributed by atoms with Crippen LogP contribution in [0.1, 0.15) is 54.4 Å². The Morgan fingerprint density at radius 1 is 1.04 bits per heavy atom. The van der Waals surface area contributed by atoms with Crippen LogP contribution in [0.4, 0.5) is 0 Å². The molecule has 1 heterocycles. The van der Waals surface area contributed by atoms with Crippen LogP contribution >= 0.6 is 0 Å². The zero-order valence-electron chi connectivity index (χ0n) is 15.0. The summed E-state index contributed by atoms with van der Waals surface area (Å²) >= 11 is 0. The molecule has 2 aliphatic rings. The van der Waals surface area contributed by atoms with Gasteiger partial charge in [-0.05, 0) is 66.5 Å². The van der Waals surface area contributed by atoms with Crippen LogP contribution in [-0.2, 0) is 9.31 Å². The van der Waals surface area contributed by atoms with Crippen molar-refractivity contribution in [1.82, 2.24) is 0 Å². The molecule has 0 spiro atoms. The molecule has 1 saturated carbocycles. The first-order valence-corrected chi connectivity index (χ1v) is 8.51. The molecule has 23 heavy (non-hydrogen) atoms. The van der Waals surface area contributed by atoms with Gasteiger partial charge in [0.05, 0.1) is 28.9 Å². The molecule has 0 bridgehead atoms. The minimum absolute atomic E-state index is 0.0762. The largest absolute Gasteiger partial charge is 0.502 e. The van der Waals surface area contributed by atoms with E-state index in [1.807, 2.05) is 32.0 Å². The molecule has 0 aromatic heterocycles. The van der Waals surface area contributed by atoms with Crippen LogP contribution in [0.15, 0.2) is 18.2 Å². The SMILES string of the molecule is CC(C)Oc1cccc(OC2CC2)c1B1OC(C)(C)C(C)(C)O1. The van der Waals surface area contributed by atoms with Gasteiger partial charge in [0.25, 0.3) is 0 Å². The van der Waals surface area contributed by atoms with Crippen LogP contribution in [0.3, 0.4) is 0 Å². The number of ether oxygens (including phenoxy) is 2. The molecule has 1 saturated heterocycles. The van der Waals surface area contributed by atoms with Crippen LogP contribution in [0.5, 0.6) is 11.5 Å². The molecule has 126 valence electrons. The summed E-state index contributed by atoms with van der Waals surface area (Å²) in [5.41, 5.74) is 0.0885. The number of rotatable bonds is 5. The summed E-state index contributed by atoms with van der Waals surface area (Å²) in [6, 6.07) is 5.90. The maximum atomic E-state index is 6.23. The lowest BCUT2D eigenvalue weighted by atomic mass is 9.77. The molecule has 1 aromatic carbocycles. The lowest BCUT2D eigenvalue weighted by Gasteiger charge is -2.32. The van der Waals surface area contributed by atoms with E-state index >= 15 is 0 Å². The third-order valence-electron chi connectivity index (χ3n) is 4.70. The minimum Gasteiger partial charge on any atom is -0.491 e. The Bertz CT molecular complexity index is 540. The predicted octanol–water partition coefficient (Wildman–Crippen LogP) is 3.31. The molecule has 1 aromatic rings. The van der Waals surface area contributed by atoms with Crippen LogP contribution in [-0.4, -0.2) is 30.5 Å². The molecule has 0 unspecified atom stereocenters. The maximum Gasteiger partial charge on any atom is 0.502 e. The van der Waals surface area contributed by atoms with E-state index in [2.05, 4.69) is 27.7 Å². The van der Waals surface area contributed by atoms with Gasteiger partial charge in [-0.2, -0.15) is 0 Å². The third kappa shape index (κ3) is 3.36. The first-order valence-electron chi connectivity index (χ1n) is 8.51. The molecular formula is C18H27BO4. The van der Waals surface area contributed by atoms with Crippen molar-refractivity contribution in [1.29, 1.82) is 0 Å². The zero-order valence-corrected chi connectivity index (χ0v) is 15.0. The molecular weight excluding hydrogens is 291 g/mol. The standard InChI is InChI=1S/C18H27BO4/c1-12(2)20-14-8-7-9-15(21-13-10-11-13)16(14)19-22-17(3,4)18(5,6)23-19/h7-9,12-13H,10-11H2,1-6H3. The Morgan fingerprint density at radius 3 is 2.13 bits per heavy atom. The minimum atomic E-state index is -0.483. The summed E-state index contributed by atoms with van der Waals surface area (Å²) in [6.07, 6.45) is 2.61.